The van der Waals surface area contributed by atoms with E-state index in [1.165, 1.54) is 127 Å². The molecule has 2 aliphatic carbocycles. The lowest BCUT2D eigenvalue weighted by Crippen LogP contribution is -2.25. The van der Waals surface area contributed by atoms with Gasteiger partial charge >= 0.3 is 0 Å². The lowest BCUT2D eigenvalue weighted by molar-refractivity contribution is 0.794. The third-order valence-corrected chi connectivity index (χ3v) is 14.2. The molecule has 0 aliphatic heterocycles. The Labute approximate surface area is 374 Å². The van der Waals surface area contributed by atoms with Crippen LogP contribution >= 0.6 is 0 Å². The smallest absolute Gasteiger partial charge is 0.0622 e. The van der Waals surface area contributed by atoms with Crippen LogP contribution < -0.4 is 0 Å². The number of hydrogen-bond donors (Lipinski definition) is 0. The molecule has 0 saturated heterocycles. The fraction of sp³-hybridized carbons (Fsp3) is 0.0312. The van der Waals surface area contributed by atoms with E-state index in [2.05, 4.69) is 244 Å². The molecule has 0 heterocycles. The average molecular weight is 811 g/mol. The Hall–Kier alpha value is -8.06. The molecule has 0 atom stereocenters. The second-order valence-electron chi connectivity index (χ2n) is 17.5. The SMILES string of the molecule is Cc1cc(-c2cc(-c3ccccc3)cc(-c3ccccc3)c2)ccc1-c1c2ccccc2c(-c2ccc3c(c2)C2(c4ccccc4-c4ccccc42)c2ccccc2-3)c2ccccc12. The minimum absolute atomic E-state index is 0.401. The average Bonchev–Trinajstić information content (AvgIpc) is 3.83. The van der Waals surface area contributed by atoms with Gasteiger partial charge in [-0.3, -0.25) is 0 Å². The third kappa shape index (κ3) is 5.30. The number of fused-ring (bicyclic) bond motifs is 12. The van der Waals surface area contributed by atoms with Gasteiger partial charge in [0.15, 0.2) is 0 Å². The summed E-state index contributed by atoms with van der Waals surface area (Å²) in [5, 5.41) is 5.05. The van der Waals surface area contributed by atoms with Crippen molar-refractivity contribution in [1.29, 1.82) is 0 Å². The van der Waals surface area contributed by atoms with Gasteiger partial charge in [0, 0.05) is 0 Å². The van der Waals surface area contributed by atoms with Crippen LogP contribution in [0.25, 0.3) is 99.4 Å². The first kappa shape index (κ1) is 36.6. The molecule has 0 saturated carbocycles. The lowest BCUT2D eigenvalue weighted by Gasteiger charge is -2.31. The highest BCUT2D eigenvalue weighted by atomic mass is 14.5. The summed E-state index contributed by atoms with van der Waals surface area (Å²) in [4.78, 5) is 0. The van der Waals surface area contributed by atoms with E-state index in [0.29, 0.717) is 0 Å². The van der Waals surface area contributed by atoms with E-state index >= 15 is 0 Å². The zero-order valence-corrected chi connectivity index (χ0v) is 35.5. The van der Waals surface area contributed by atoms with Gasteiger partial charge in [0.05, 0.1) is 5.41 Å². The van der Waals surface area contributed by atoms with Gasteiger partial charge in [0.1, 0.15) is 0 Å². The summed E-state index contributed by atoms with van der Waals surface area (Å²) in [7, 11) is 0. The van der Waals surface area contributed by atoms with Gasteiger partial charge in [0.2, 0.25) is 0 Å². The van der Waals surface area contributed by atoms with E-state index < -0.39 is 5.41 Å². The summed E-state index contributed by atoms with van der Waals surface area (Å²) in [6, 6.07) is 88.3. The molecule has 0 aromatic heterocycles. The lowest BCUT2D eigenvalue weighted by atomic mass is 9.70. The van der Waals surface area contributed by atoms with Crippen molar-refractivity contribution in [3.05, 3.63) is 264 Å². The van der Waals surface area contributed by atoms with Gasteiger partial charge in [-0.25, -0.2) is 0 Å². The molecule has 0 radical (unpaired) electrons. The molecule has 0 unspecified atom stereocenters. The summed E-state index contributed by atoms with van der Waals surface area (Å²) < 4.78 is 0. The van der Waals surface area contributed by atoms with Gasteiger partial charge in [-0.15, -0.1) is 0 Å². The molecule has 1 spiro atoms. The van der Waals surface area contributed by atoms with E-state index in [1.807, 2.05) is 0 Å². The quantitative estimate of drug-likeness (QED) is 0.152. The van der Waals surface area contributed by atoms with E-state index in [-0.39, 0.29) is 0 Å². The van der Waals surface area contributed by atoms with Crippen molar-refractivity contribution in [1.82, 2.24) is 0 Å². The standard InChI is InChI=1S/C64H42/c1-41-36-44(48-38-46(42-18-4-2-5-19-42)37-47(39-48)43-20-6-3-7-21-43)32-34-49(41)63-56-27-10-8-25-54(56)62(55-26-9-11-28-57(55)63)45-33-35-53-52-24-14-17-31-60(52)64(61(53)40-45)58-29-15-12-22-50(58)51-23-13-16-30-59(51)64/h2-40H,1H3. The number of aryl methyl sites for hydroxylation is 1. The first-order valence-electron chi connectivity index (χ1n) is 22.4. The maximum absolute atomic E-state index is 2.54. The first-order valence-corrected chi connectivity index (χ1v) is 22.4. The monoisotopic (exact) mass is 810 g/mol. The molecule has 0 fully saturated rings. The molecule has 0 bridgehead atoms. The van der Waals surface area contributed by atoms with Crippen LogP contribution in [0.3, 0.4) is 0 Å². The molecule has 0 amide bonds. The summed E-state index contributed by atoms with van der Waals surface area (Å²) in [5.74, 6) is 0. The second kappa shape index (κ2) is 14.2. The highest BCUT2D eigenvalue weighted by molar-refractivity contribution is 6.22. The van der Waals surface area contributed by atoms with Crippen molar-refractivity contribution >= 4 is 21.5 Å². The Balaban J connectivity index is 1.00. The Morgan fingerprint density at radius 1 is 0.234 bits per heavy atom. The summed E-state index contributed by atoms with van der Waals surface area (Å²) >= 11 is 0. The van der Waals surface area contributed by atoms with Gasteiger partial charge in [-0.1, -0.05) is 212 Å². The van der Waals surface area contributed by atoms with Gasteiger partial charge in [-0.05, 0) is 158 Å². The molecule has 0 N–H and O–H groups in total. The maximum Gasteiger partial charge on any atom is 0.0725 e. The third-order valence-electron chi connectivity index (χ3n) is 14.2. The van der Waals surface area contributed by atoms with Crippen LogP contribution in [-0.4, -0.2) is 0 Å². The van der Waals surface area contributed by atoms with E-state index in [0.717, 1.165) is 0 Å². The van der Waals surface area contributed by atoms with Crippen molar-refractivity contribution < 1.29 is 0 Å². The molecule has 0 heteroatoms. The topological polar surface area (TPSA) is 0 Å². The number of hydrogen-bond acceptors (Lipinski definition) is 0. The van der Waals surface area contributed by atoms with Crippen LogP contribution in [0, 0.1) is 6.92 Å². The van der Waals surface area contributed by atoms with Crippen LogP contribution in [0.5, 0.6) is 0 Å². The van der Waals surface area contributed by atoms with Crippen molar-refractivity contribution in [3.63, 3.8) is 0 Å². The molecular weight excluding hydrogens is 769 g/mol. The maximum atomic E-state index is 2.54. The Morgan fingerprint density at radius 3 is 1.09 bits per heavy atom. The van der Waals surface area contributed by atoms with Crippen LogP contribution in [-0.2, 0) is 5.41 Å². The van der Waals surface area contributed by atoms with E-state index in [9.17, 15) is 0 Å². The fourth-order valence-electron chi connectivity index (χ4n) is 11.5. The minimum Gasteiger partial charge on any atom is -0.0622 e. The summed E-state index contributed by atoms with van der Waals surface area (Å²) in [5.41, 5.74) is 24.0. The Bertz CT molecular complexity index is 3490. The predicted octanol–water partition coefficient (Wildman–Crippen LogP) is 17.0. The molecular formula is C64H42. The van der Waals surface area contributed by atoms with Crippen LogP contribution in [0.15, 0.2) is 237 Å². The highest BCUT2D eigenvalue weighted by Crippen LogP contribution is 2.63. The van der Waals surface area contributed by atoms with E-state index in [1.54, 1.807) is 0 Å². The minimum atomic E-state index is -0.401. The summed E-state index contributed by atoms with van der Waals surface area (Å²) in [6.07, 6.45) is 0. The van der Waals surface area contributed by atoms with Crippen molar-refractivity contribution in [2.75, 3.05) is 0 Å². The highest BCUT2D eigenvalue weighted by Gasteiger charge is 2.51. The fourth-order valence-corrected chi connectivity index (χ4v) is 11.5. The Kier molecular flexibility index (Phi) is 8.14. The van der Waals surface area contributed by atoms with Crippen LogP contribution in [0.1, 0.15) is 27.8 Å². The first-order chi connectivity index (χ1) is 31.7. The zero-order chi connectivity index (χ0) is 42.4. The molecule has 2 aliphatic rings. The van der Waals surface area contributed by atoms with Gasteiger partial charge in [-0.2, -0.15) is 0 Å². The molecule has 0 nitrogen and oxygen atoms in total. The zero-order valence-electron chi connectivity index (χ0n) is 35.5. The normalized spacial score (nSPS) is 12.9. The van der Waals surface area contributed by atoms with Crippen LogP contribution in [0.2, 0.25) is 0 Å². The summed E-state index contributed by atoms with van der Waals surface area (Å²) in [6.45, 7) is 2.28. The van der Waals surface area contributed by atoms with Crippen molar-refractivity contribution in [2.45, 2.75) is 12.3 Å². The predicted molar refractivity (Wildman–Crippen MR) is 270 cm³/mol. The van der Waals surface area contributed by atoms with Gasteiger partial charge in [0.25, 0.3) is 0 Å². The Morgan fingerprint density at radius 2 is 0.609 bits per heavy atom. The molecule has 13 rings (SSSR count). The van der Waals surface area contributed by atoms with Crippen LogP contribution in [0.4, 0.5) is 0 Å². The van der Waals surface area contributed by atoms with Gasteiger partial charge < -0.3 is 0 Å². The van der Waals surface area contributed by atoms with Crippen molar-refractivity contribution in [2.24, 2.45) is 0 Å². The molecule has 64 heavy (non-hydrogen) atoms. The number of rotatable bonds is 5. The molecule has 298 valence electrons. The largest absolute Gasteiger partial charge is 0.0725 e. The number of benzene rings is 11. The van der Waals surface area contributed by atoms with Crippen molar-refractivity contribution in [3.8, 4) is 77.9 Å². The molecule has 11 aromatic carbocycles. The molecule has 11 aromatic rings. The second-order valence-corrected chi connectivity index (χ2v) is 17.5. The van der Waals surface area contributed by atoms with E-state index in [4.69, 9.17) is 0 Å².